The van der Waals surface area contributed by atoms with Crippen LogP contribution in [0.25, 0.3) is 33.2 Å². The number of primary sulfonamides is 1. The average molecular weight is 461 g/mol. The number of anilines is 1. The molecule has 4 N–H and O–H groups in total. The molecule has 0 unspecified atom stereocenters. The molecule has 0 fully saturated rings. The summed E-state index contributed by atoms with van der Waals surface area (Å²) in [4.78, 5) is 7.60. The molecule has 0 aliphatic heterocycles. The van der Waals surface area contributed by atoms with Crippen LogP contribution in [-0.4, -0.2) is 18.4 Å². The Hall–Kier alpha value is -3.14. The van der Waals surface area contributed by atoms with Crippen LogP contribution in [-0.2, 0) is 10.0 Å². The summed E-state index contributed by atoms with van der Waals surface area (Å²) in [6.07, 6.45) is 1.44. The minimum atomic E-state index is -4.23. The lowest BCUT2D eigenvalue weighted by atomic mass is 9.95. The van der Waals surface area contributed by atoms with Crippen molar-refractivity contribution in [2.45, 2.75) is 11.8 Å². The van der Waals surface area contributed by atoms with Crippen molar-refractivity contribution in [3.63, 3.8) is 0 Å². The van der Waals surface area contributed by atoms with Crippen molar-refractivity contribution in [2.24, 2.45) is 5.14 Å². The molecule has 31 heavy (non-hydrogen) atoms. The van der Waals surface area contributed by atoms with Gasteiger partial charge in [0.25, 0.3) is 0 Å². The lowest BCUT2D eigenvalue weighted by Crippen LogP contribution is -2.14. The summed E-state index contributed by atoms with van der Waals surface area (Å²) < 4.78 is 54.6. The maximum absolute atomic E-state index is 15.7. The summed E-state index contributed by atoms with van der Waals surface area (Å²) in [5, 5.41) is 5.84. The molecule has 158 valence electrons. The third kappa shape index (κ3) is 3.71. The molecule has 0 bridgehead atoms. The van der Waals surface area contributed by atoms with Gasteiger partial charge in [0.15, 0.2) is 0 Å². The number of sulfonamides is 1. The van der Waals surface area contributed by atoms with E-state index in [0.717, 1.165) is 12.1 Å². The van der Waals surface area contributed by atoms with Gasteiger partial charge >= 0.3 is 0 Å². The van der Waals surface area contributed by atoms with Crippen molar-refractivity contribution >= 4 is 38.5 Å². The molecule has 0 aliphatic rings. The highest BCUT2D eigenvalue weighted by molar-refractivity contribution is 7.89. The number of aryl methyl sites for hydroxylation is 1. The van der Waals surface area contributed by atoms with Gasteiger partial charge in [0.05, 0.1) is 21.0 Å². The van der Waals surface area contributed by atoms with Gasteiger partial charge in [-0.1, -0.05) is 23.7 Å². The Morgan fingerprint density at radius 1 is 1.03 bits per heavy atom. The van der Waals surface area contributed by atoms with Crippen LogP contribution in [0.15, 0.2) is 53.6 Å². The van der Waals surface area contributed by atoms with Crippen LogP contribution in [0, 0.1) is 18.6 Å². The van der Waals surface area contributed by atoms with Crippen LogP contribution in [0.2, 0.25) is 5.02 Å². The van der Waals surface area contributed by atoms with Crippen LogP contribution >= 0.6 is 11.6 Å². The Balaban J connectivity index is 2.01. The molecule has 4 rings (SSSR count). The summed E-state index contributed by atoms with van der Waals surface area (Å²) in [5.74, 6) is -1.74. The van der Waals surface area contributed by atoms with Gasteiger partial charge in [-0.2, -0.15) is 0 Å². The van der Waals surface area contributed by atoms with E-state index < -0.39 is 21.7 Å². The molecule has 0 atom stereocenters. The fourth-order valence-corrected chi connectivity index (χ4v) is 4.44. The second-order valence-corrected chi connectivity index (χ2v) is 8.81. The van der Waals surface area contributed by atoms with Gasteiger partial charge in [0, 0.05) is 22.7 Å². The second kappa shape index (κ2) is 7.52. The van der Waals surface area contributed by atoms with Gasteiger partial charge < -0.3 is 5.73 Å². The Morgan fingerprint density at radius 2 is 1.77 bits per heavy atom. The molecule has 6 nitrogen and oxygen atoms in total. The molecule has 10 heteroatoms. The smallest absolute Gasteiger partial charge is 0.238 e. The molecule has 4 aromatic rings. The monoisotopic (exact) mass is 460 g/mol. The van der Waals surface area contributed by atoms with E-state index in [1.165, 1.54) is 30.5 Å². The van der Waals surface area contributed by atoms with Crippen LogP contribution in [0.3, 0.4) is 0 Å². The quantitative estimate of drug-likeness (QED) is 0.469. The summed E-state index contributed by atoms with van der Waals surface area (Å²) >= 11 is 6.33. The van der Waals surface area contributed by atoms with Gasteiger partial charge in [-0.3, -0.25) is 0 Å². The lowest BCUT2D eigenvalue weighted by Gasteiger charge is -2.16. The van der Waals surface area contributed by atoms with Crippen molar-refractivity contribution in [1.29, 1.82) is 0 Å². The van der Waals surface area contributed by atoms with Gasteiger partial charge in [-0.05, 0) is 48.4 Å². The number of rotatable bonds is 3. The van der Waals surface area contributed by atoms with Gasteiger partial charge in [0.2, 0.25) is 16.0 Å². The molecule has 1 heterocycles. The molecule has 1 aromatic heterocycles. The zero-order valence-corrected chi connectivity index (χ0v) is 17.6. The van der Waals surface area contributed by atoms with Crippen molar-refractivity contribution in [1.82, 2.24) is 9.97 Å². The van der Waals surface area contributed by atoms with E-state index in [2.05, 4.69) is 9.97 Å². The largest absolute Gasteiger partial charge is 0.368 e. The predicted molar refractivity (Wildman–Crippen MR) is 116 cm³/mol. The number of halogens is 3. The molecule has 0 saturated carbocycles. The van der Waals surface area contributed by atoms with Gasteiger partial charge in [-0.25, -0.2) is 32.3 Å². The van der Waals surface area contributed by atoms with E-state index in [0.29, 0.717) is 16.5 Å². The first kappa shape index (κ1) is 21.1. The fraction of sp³-hybridized carbons (Fsp3) is 0.0476. The summed E-state index contributed by atoms with van der Waals surface area (Å²) in [6.45, 7) is 1.64. The predicted octanol–water partition coefficient (Wildman–Crippen LogP) is 4.43. The minimum Gasteiger partial charge on any atom is -0.368 e. The van der Waals surface area contributed by atoms with Crippen molar-refractivity contribution in [3.8, 4) is 22.3 Å². The molecular weight excluding hydrogens is 446 g/mol. The first-order valence-corrected chi connectivity index (χ1v) is 10.8. The molecule has 0 spiro atoms. The van der Waals surface area contributed by atoms with Crippen LogP contribution in [0.5, 0.6) is 0 Å². The molecule has 0 aliphatic carbocycles. The third-order valence-corrected chi connectivity index (χ3v) is 6.29. The first-order valence-electron chi connectivity index (χ1n) is 8.91. The van der Waals surface area contributed by atoms with Crippen molar-refractivity contribution in [3.05, 3.63) is 70.9 Å². The van der Waals surface area contributed by atoms with E-state index in [1.54, 1.807) is 13.0 Å². The number of hydrogen-bond acceptors (Lipinski definition) is 5. The summed E-state index contributed by atoms with van der Waals surface area (Å²) in [5.41, 5.74) is 6.12. The number of nitrogen functional groups attached to an aromatic ring is 1. The highest BCUT2D eigenvalue weighted by Gasteiger charge is 2.25. The molecule has 0 radical (unpaired) electrons. The van der Waals surface area contributed by atoms with E-state index in [1.807, 2.05) is 0 Å². The first-order chi connectivity index (χ1) is 14.6. The van der Waals surface area contributed by atoms with E-state index in [9.17, 15) is 12.8 Å². The average Bonchev–Trinajstić information content (AvgIpc) is 2.70. The number of benzene rings is 3. The lowest BCUT2D eigenvalue weighted by molar-refractivity contribution is 0.591. The topological polar surface area (TPSA) is 112 Å². The highest BCUT2D eigenvalue weighted by atomic mass is 35.5. The Labute approximate surface area is 181 Å². The summed E-state index contributed by atoms with van der Waals surface area (Å²) in [6, 6.07) is 9.44. The van der Waals surface area contributed by atoms with Crippen LogP contribution in [0.4, 0.5) is 14.7 Å². The number of hydrogen-bond donors (Lipinski definition) is 2. The van der Waals surface area contributed by atoms with Crippen LogP contribution in [0.1, 0.15) is 5.56 Å². The zero-order chi connectivity index (χ0) is 22.5. The van der Waals surface area contributed by atoms with E-state index in [-0.39, 0.29) is 38.1 Å². The Kier molecular flexibility index (Phi) is 5.12. The number of fused-ring (bicyclic) bond motifs is 1. The number of nitrogens with zero attached hydrogens (tertiary/aromatic N) is 2. The fourth-order valence-electron chi connectivity index (χ4n) is 3.36. The molecular formula is C21H15ClF2N4O2S. The zero-order valence-electron chi connectivity index (χ0n) is 16.0. The number of nitrogens with two attached hydrogens (primary N) is 2. The Morgan fingerprint density at radius 3 is 2.48 bits per heavy atom. The van der Waals surface area contributed by atoms with Crippen molar-refractivity contribution in [2.75, 3.05) is 5.73 Å². The van der Waals surface area contributed by atoms with Crippen LogP contribution < -0.4 is 10.9 Å². The molecule has 3 aromatic carbocycles. The van der Waals surface area contributed by atoms with E-state index in [4.69, 9.17) is 22.5 Å². The summed E-state index contributed by atoms with van der Waals surface area (Å²) in [7, 11) is -4.23. The normalized spacial score (nSPS) is 11.8. The van der Waals surface area contributed by atoms with Gasteiger partial charge in [-0.15, -0.1) is 0 Å². The maximum atomic E-state index is 15.7. The Bertz CT molecular complexity index is 1480. The maximum Gasteiger partial charge on any atom is 0.238 e. The standard InChI is InChI=1S/C21H15ClF2N4O2S/c1-10-2-7-16(31(26,29)30)18(19(10)22)13-4-5-14(23)17(20(13)24)11-3-6-15-12(8-11)9-27-21(25)28-15/h2-9H,1H3,(H2,25,27,28)(H2,26,29,30). The third-order valence-electron chi connectivity index (χ3n) is 4.85. The van der Waals surface area contributed by atoms with Gasteiger partial charge in [0.1, 0.15) is 11.6 Å². The van der Waals surface area contributed by atoms with E-state index >= 15 is 4.39 Å². The molecule has 0 amide bonds. The second-order valence-electron chi connectivity index (χ2n) is 6.90. The minimum absolute atomic E-state index is 0.00497. The highest BCUT2D eigenvalue weighted by Crippen LogP contribution is 2.41. The SMILES string of the molecule is Cc1ccc(S(N)(=O)=O)c(-c2ccc(F)c(-c3ccc4nc(N)ncc4c3)c2F)c1Cl. The number of aromatic nitrogens is 2. The molecule has 0 saturated heterocycles. The van der Waals surface area contributed by atoms with Crippen molar-refractivity contribution < 1.29 is 17.2 Å².